The molecular weight excluding hydrogens is 285 g/mol. The molecule has 0 unspecified atom stereocenters. The van der Waals surface area contributed by atoms with Gasteiger partial charge in [0, 0.05) is 5.69 Å². The topological polar surface area (TPSA) is 55.4 Å². The average molecular weight is 301 g/mol. The Morgan fingerprint density at radius 2 is 1.91 bits per heavy atom. The summed E-state index contributed by atoms with van der Waals surface area (Å²) < 4.78 is 17.9. The number of rotatable bonds is 4. The second-order valence-corrected chi connectivity index (χ2v) is 4.95. The first-order valence-electron chi connectivity index (χ1n) is 6.75. The van der Waals surface area contributed by atoms with Gasteiger partial charge in [-0.15, -0.1) is 0 Å². The molecule has 2 aromatic rings. The van der Waals surface area contributed by atoms with E-state index in [2.05, 4.69) is 5.32 Å². The summed E-state index contributed by atoms with van der Waals surface area (Å²) in [5, 5.41) is 2.67. The molecule has 22 heavy (non-hydrogen) atoms. The minimum atomic E-state index is -0.740. The van der Waals surface area contributed by atoms with Crippen LogP contribution in [0.4, 0.5) is 10.1 Å². The van der Waals surface area contributed by atoms with Gasteiger partial charge in [0.1, 0.15) is 5.82 Å². The molecule has 2 rings (SSSR count). The highest BCUT2D eigenvalue weighted by molar-refractivity contribution is 5.95. The van der Waals surface area contributed by atoms with Crippen LogP contribution in [-0.2, 0) is 9.53 Å². The monoisotopic (exact) mass is 301 g/mol. The second kappa shape index (κ2) is 6.85. The molecule has 0 fully saturated rings. The Bertz CT molecular complexity index is 713. The second-order valence-electron chi connectivity index (χ2n) is 4.95. The average Bonchev–Trinajstić information content (AvgIpc) is 2.47. The fourth-order valence-electron chi connectivity index (χ4n) is 1.97. The lowest BCUT2D eigenvalue weighted by Crippen LogP contribution is -2.21. The van der Waals surface area contributed by atoms with Gasteiger partial charge in [0.05, 0.1) is 5.56 Å². The van der Waals surface area contributed by atoms with E-state index in [9.17, 15) is 14.0 Å². The van der Waals surface area contributed by atoms with Crippen LogP contribution in [0.15, 0.2) is 42.5 Å². The molecule has 0 aromatic heterocycles. The van der Waals surface area contributed by atoms with Crippen molar-refractivity contribution in [3.05, 3.63) is 65.0 Å². The third kappa shape index (κ3) is 4.15. The van der Waals surface area contributed by atoms with Gasteiger partial charge in [-0.2, -0.15) is 0 Å². The molecule has 1 N–H and O–H groups in total. The Balaban J connectivity index is 1.91. The van der Waals surface area contributed by atoms with E-state index < -0.39 is 24.3 Å². The third-order valence-electron chi connectivity index (χ3n) is 3.05. The minimum absolute atomic E-state index is 0.0688. The zero-order valence-electron chi connectivity index (χ0n) is 12.4. The van der Waals surface area contributed by atoms with Crippen LogP contribution in [0.3, 0.4) is 0 Å². The van der Waals surface area contributed by atoms with E-state index >= 15 is 0 Å². The van der Waals surface area contributed by atoms with Gasteiger partial charge in [0.2, 0.25) is 0 Å². The zero-order valence-corrected chi connectivity index (χ0v) is 12.4. The van der Waals surface area contributed by atoms with E-state index in [1.807, 2.05) is 26.0 Å². The lowest BCUT2D eigenvalue weighted by Gasteiger charge is -2.09. The summed E-state index contributed by atoms with van der Waals surface area (Å²) in [5.74, 6) is -1.72. The first-order chi connectivity index (χ1) is 10.5. The summed E-state index contributed by atoms with van der Waals surface area (Å²) in [5.41, 5.74) is 2.74. The smallest absolute Gasteiger partial charge is 0.338 e. The molecule has 0 aliphatic carbocycles. The number of carbonyl (C=O) groups excluding carboxylic acids is 2. The van der Waals surface area contributed by atoms with Crippen molar-refractivity contribution >= 4 is 17.6 Å². The van der Waals surface area contributed by atoms with E-state index in [1.54, 1.807) is 6.07 Å². The van der Waals surface area contributed by atoms with E-state index in [4.69, 9.17) is 4.74 Å². The van der Waals surface area contributed by atoms with Crippen molar-refractivity contribution < 1.29 is 18.7 Å². The summed E-state index contributed by atoms with van der Waals surface area (Å²) >= 11 is 0. The summed E-state index contributed by atoms with van der Waals surface area (Å²) in [6.07, 6.45) is 0. The molecule has 4 nitrogen and oxygen atoms in total. The number of amides is 1. The summed E-state index contributed by atoms with van der Waals surface area (Å²) in [4.78, 5) is 23.5. The Morgan fingerprint density at radius 1 is 1.14 bits per heavy atom. The molecule has 5 heteroatoms. The quantitative estimate of drug-likeness (QED) is 0.882. The third-order valence-corrected chi connectivity index (χ3v) is 3.05. The maximum Gasteiger partial charge on any atom is 0.338 e. The number of nitrogens with one attached hydrogen (secondary N) is 1. The number of carbonyl (C=O) groups is 2. The molecule has 1 amide bonds. The molecule has 0 aliphatic heterocycles. The van der Waals surface area contributed by atoms with Crippen LogP contribution >= 0.6 is 0 Å². The van der Waals surface area contributed by atoms with Gasteiger partial charge in [-0.05, 0) is 43.7 Å². The molecule has 0 bridgehead atoms. The summed E-state index contributed by atoms with van der Waals surface area (Å²) in [6, 6.07) is 10.7. The van der Waals surface area contributed by atoms with Crippen LogP contribution in [0, 0.1) is 19.7 Å². The first kappa shape index (κ1) is 15.7. The predicted molar refractivity (Wildman–Crippen MR) is 81.2 cm³/mol. The highest BCUT2D eigenvalue weighted by Gasteiger charge is 2.11. The van der Waals surface area contributed by atoms with Crippen LogP contribution in [0.25, 0.3) is 0 Å². The van der Waals surface area contributed by atoms with Crippen LogP contribution in [-0.4, -0.2) is 18.5 Å². The number of halogens is 1. The maximum absolute atomic E-state index is 13.0. The Labute approximate surface area is 127 Å². The number of benzene rings is 2. The van der Waals surface area contributed by atoms with Gasteiger partial charge in [-0.25, -0.2) is 9.18 Å². The van der Waals surface area contributed by atoms with Gasteiger partial charge in [0.25, 0.3) is 5.91 Å². The zero-order chi connectivity index (χ0) is 16.1. The van der Waals surface area contributed by atoms with Crippen LogP contribution in [0.2, 0.25) is 0 Å². The number of hydrogen-bond acceptors (Lipinski definition) is 3. The predicted octanol–water partition coefficient (Wildman–Crippen LogP) is 3.24. The fraction of sp³-hybridized carbons (Fsp3) is 0.176. The Hall–Kier alpha value is -2.69. The normalized spacial score (nSPS) is 10.1. The van der Waals surface area contributed by atoms with Gasteiger partial charge in [-0.3, -0.25) is 4.79 Å². The first-order valence-corrected chi connectivity index (χ1v) is 6.75. The largest absolute Gasteiger partial charge is 0.452 e. The molecule has 0 saturated carbocycles. The number of aryl methyl sites for hydroxylation is 2. The lowest BCUT2D eigenvalue weighted by atomic mass is 10.1. The summed E-state index contributed by atoms with van der Waals surface area (Å²) in [7, 11) is 0. The van der Waals surface area contributed by atoms with Gasteiger partial charge < -0.3 is 10.1 Å². The highest BCUT2D eigenvalue weighted by Crippen LogP contribution is 2.15. The van der Waals surface area contributed by atoms with Gasteiger partial charge in [0.15, 0.2) is 6.61 Å². The van der Waals surface area contributed by atoms with Gasteiger partial charge in [-0.1, -0.05) is 23.8 Å². The van der Waals surface area contributed by atoms with E-state index in [1.165, 1.54) is 18.2 Å². The highest BCUT2D eigenvalue weighted by atomic mass is 19.1. The van der Waals surface area contributed by atoms with Crippen molar-refractivity contribution in [2.75, 3.05) is 11.9 Å². The molecular formula is C17H16FNO3. The van der Waals surface area contributed by atoms with Crippen molar-refractivity contribution in [1.82, 2.24) is 0 Å². The summed E-state index contributed by atoms with van der Waals surface area (Å²) in [6.45, 7) is 3.41. The molecule has 0 atom stereocenters. The Kier molecular flexibility index (Phi) is 4.88. The standard InChI is InChI=1S/C17H16FNO3/c1-11-6-7-15(12(2)8-11)19-16(20)10-22-17(21)13-4-3-5-14(18)9-13/h3-9H,10H2,1-2H3,(H,19,20). The van der Waals surface area contributed by atoms with E-state index in [-0.39, 0.29) is 5.56 Å². The number of esters is 1. The van der Waals surface area contributed by atoms with Crippen molar-refractivity contribution in [2.24, 2.45) is 0 Å². The van der Waals surface area contributed by atoms with Gasteiger partial charge >= 0.3 is 5.97 Å². The lowest BCUT2D eigenvalue weighted by molar-refractivity contribution is -0.119. The SMILES string of the molecule is Cc1ccc(NC(=O)COC(=O)c2cccc(F)c2)c(C)c1. The van der Waals surface area contributed by atoms with E-state index in [0.717, 1.165) is 17.2 Å². The van der Waals surface area contributed by atoms with Crippen molar-refractivity contribution in [2.45, 2.75) is 13.8 Å². The molecule has 114 valence electrons. The molecule has 0 radical (unpaired) electrons. The fourth-order valence-corrected chi connectivity index (χ4v) is 1.97. The van der Waals surface area contributed by atoms with E-state index in [0.29, 0.717) is 5.69 Å². The maximum atomic E-state index is 13.0. The van der Waals surface area contributed by atoms with Crippen LogP contribution < -0.4 is 5.32 Å². The molecule has 0 saturated heterocycles. The Morgan fingerprint density at radius 3 is 2.59 bits per heavy atom. The molecule has 0 spiro atoms. The molecule has 0 heterocycles. The minimum Gasteiger partial charge on any atom is -0.452 e. The molecule has 0 aliphatic rings. The number of ether oxygens (including phenoxy) is 1. The number of anilines is 1. The van der Waals surface area contributed by atoms with Crippen molar-refractivity contribution in [3.8, 4) is 0 Å². The molecule has 2 aromatic carbocycles. The van der Waals surface area contributed by atoms with Crippen LogP contribution in [0.1, 0.15) is 21.5 Å². The van der Waals surface area contributed by atoms with Crippen LogP contribution in [0.5, 0.6) is 0 Å². The van der Waals surface area contributed by atoms with Crippen molar-refractivity contribution in [3.63, 3.8) is 0 Å². The van der Waals surface area contributed by atoms with Crippen molar-refractivity contribution in [1.29, 1.82) is 0 Å². The number of hydrogen-bond donors (Lipinski definition) is 1.